The molecule has 1 aliphatic heterocycles. The van der Waals surface area contributed by atoms with E-state index in [4.69, 9.17) is 11.6 Å². The van der Waals surface area contributed by atoms with Crippen molar-refractivity contribution < 1.29 is 14.4 Å². The molecule has 0 bridgehead atoms. The number of urea groups is 1. The third kappa shape index (κ3) is 7.73. The van der Waals surface area contributed by atoms with E-state index in [0.29, 0.717) is 49.0 Å². The Morgan fingerprint density at radius 1 is 1.13 bits per heavy atom. The Morgan fingerprint density at radius 3 is 2.29 bits per heavy atom. The van der Waals surface area contributed by atoms with Crippen LogP contribution in [0.15, 0.2) is 24.3 Å². The molecule has 0 unspecified atom stereocenters. The highest BCUT2D eigenvalue weighted by Crippen LogP contribution is 2.23. The van der Waals surface area contributed by atoms with Crippen molar-refractivity contribution in [3.63, 3.8) is 0 Å². The van der Waals surface area contributed by atoms with E-state index in [9.17, 15) is 14.4 Å². The van der Waals surface area contributed by atoms with Gasteiger partial charge in [-0.1, -0.05) is 37.6 Å². The lowest BCUT2D eigenvalue weighted by Crippen LogP contribution is -2.56. The van der Waals surface area contributed by atoms with E-state index < -0.39 is 6.04 Å². The zero-order valence-electron chi connectivity index (χ0n) is 19.1. The van der Waals surface area contributed by atoms with Gasteiger partial charge >= 0.3 is 6.03 Å². The van der Waals surface area contributed by atoms with Gasteiger partial charge in [0, 0.05) is 25.2 Å². The van der Waals surface area contributed by atoms with Crippen LogP contribution in [0.3, 0.4) is 0 Å². The van der Waals surface area contributed by atoms with Crippen molar-refractivity contribution >= 4 is 29.4 Å². The van der Waals surface area contributed by atoms with Gasteiger partial charge in [-0.15, -0.1) is 0 Å². The average molecular weight is 451 g/mol. The standard InChI is InChI=1S/C23H35ClN4O3/c1-15(2)14-25-21(30)19(26-20(29)17-8-6-7-9-18(17)24)16-10-12-28(13-11-16)22(31)27-23(3,4)5/h6-9,15-16,19H,10-14H2,1-5H3,(H,25,30)(H,26,29)(H,27,31)/t19-/m0/s1. The van der Waals surface area contributed by atoms with Gasteiger partial charge in [-0.25, -0.2) is 4.79 Å². The van der Waals surface area contributed by atoms with Crippen LogP contribution in [-0.4, -0.2) is 54.0 Å². The summed E-state index contributed by atoms with van der Waals surface area (Å²) < 4.78 is 0. The number of hydrogen-bond donors (Lipinski definition) is 3. The van der Waals surface area contributed by atoms with Gasteiger partial charge in [-0.05, 0) is 57.6 Å². The van der Waals surface area contributed by atoms with E-state index in [1.165, 1.54) is 0 Å². The smallest absolute Gasteiger partial charge is 0.317 e. The normalized spacial score (nSPS) is 16.0. The lowest BCUT2D eigenvalue weighted by atomic mass is 9.88. The molecule has 8 heteroatoms. The van der Waals surface area contributed by atoms with E-state index in [0.717, 1.165) is 0 Å². The molecule has 0 radical (unpaired) electrons. The van der Waals surface area contributed by atoms with Crippen LogP contribution in [-0.2, 0) is 4.79 Å². The van der Waals surface area contributed by atoms with Crippen LogP contribution in [0, 0.1) is 11.8 Å². The van der Waals surface area contributed by atoms with Crippen molar-refractivity contribution in [1.29, 1.82) is 0 Å². The molecular weight excluding hydrogens is 416 g/mol. The number of carbonyl (C=O) groups excluding carboxylic acids is 3. The van der Waals surface area contributed by atoms with E-state index in [-0.39, 0.29) is 29.3 Å². The van der Waals surface area contributed by atoms with E-state index in [1.54, 1.807) is 29.2 Å². The average Bonchev–Trinajstić information content (AvgIpc) is 2.69. The summed E-state index contributed by atoms with van der Waals surface area (Å²) in [6, 6.07) is 5.99. The van der Waals surface area contributed by atoms with Crippen LogP contribution in [0.5, 0.6) is 0 Å². The molecule has 1 aliphatic rings. The fourth-order valence-corrected chi connectivity index (χ4v) is 3.73. The first kappa shape index (κ1) is 25.0. The lowest BCUT2D eigenvalue weighted by molar-refractivity contribution is -0.124. The molecule has 3 N–H and O–H groups in total. The second kappa shape index (κ2) is 10.8. The van der Waals surface area contributed by atoms with Gasteiger partial charge in [0.25, 0.3) is 5.91 Å². The molecule has 1 saturated heterocycles. The van der Waals surface area contributed by atoms with Gasteiger partial charge < -0.3 is 20.9 Å². The van der Waals surface area contributed by atoms with Crippen LogP contribution in [0.25, 0.3) is 0 Å². The maximum atomic E-state index is 13.0. The predicted octanol–water partition coefficient (Wildman–Crippen LogP) is 3.43. The third-order valence-electron chi connectivity index (χ3n) is 5.15. The van der Waals surface area contributed by atoms with Crippen molar-refractivity contribution in [3.8, 4) is 0 Å². The molecule has 4 amide bonds. The largest absolute Gasteiger partial charge is 0.354 e. The van der Waals surface area contributed by atoms with Gasteiger partial charge in [0.05, 0.1) is 10.6 Å². The molecule has 1 fully saturated rings. The van der Waals surface area contributed by atoms with E-state index >= 15 is 0 Å². The fraction of sp³-hybridized carbons (Fsp3) is 0.609. The highest BCUT2D eigenvalue weighted by molar-refractivity contribution is 6.33. The summed E-state index contributed by atoms with van der Waals surface area (Å²) in [4.78, 5) is 40.0. The van der Waals surface area contributed by atoms with Crippen LogP contribution in [0.1, 0.15) is 57.8 Å². The number of likely N-dealkylation sites (tertiary alicyclic amines) is 1. The molecule has 2 rings (SSSR count). The SMILES string of the molecule is CC(C)CNC(=O)[C@@H](NC(=O)c1ccccc1Cl)C1CCN(C(=O)NC(C)(C)C)CC1. The number of nitrogens with zero attached hydrogens (tertiary/aromatic N) is 1. The summed E-state index contributed by atoms with van der Waals surface area (Å²) in [5.41, 5.74) is 0.0312. The van der Waals surface area contributed by atoms with Crippen LogP contribution in [0.2, 0.25) is 5.02 Å². The highest BCUT2D eigenvalue weighted by Gasteiger charge is 2.34. The Labute approximate surface area is 190 Å². The maximum Gasteiger partial charge on any atom is 0.317 e. The highest BCUT2D eigenvalue weighted by atomic mass is 35.5. The summed E-state index contributed by atoms with van der Waals surface area (Å²) in [7, 11) is 0. The van der Waals surface area contributed by atoms with Crippen molar-refractivity contribution in [3.05, 3.63) is 34.9 Å². The van der Waals surface area contributed by atoms with Crippen molar-refractivity contribution in [2.24, 2.45) is 11.8 Å². The number of hydrogen-bond acceptors (Lipinski definition) is 3. The third-order valence-corrected chi connectivity index (χ3v) is 5.48. The van der Waals surface area contributed by atoms with Crippen molar-refractivity contribution in [1.82, 2.24) is 20.9 Å². The minimum atomic E-state index is -0.685. The molecule has 31 heavy (non-hydrogen) atoms. The Morgan fingerprint density at radius 2 is 1.74 bits per heavy atom. The quantitative estimate of drug-likeness (QED) is 0.620. The topological polar surface area (TPSA) is 90.5 Å². The zero-order chi connectivity index (χ0) is 23.2. The number of rotatable bonds is 6. The Kier molecular flexibility index (Phi) is 8.74. The number of benzene rings is 1. The second-order valence-corrected chi connectivity index (χ2v) is 9.98. The molecule has 0 aromatic heterocycles. The Hall–Kier alpha value is -2.28. The molecule has 172 valence electrons. The molecular formula is C23H35ClN4O3. The molecule has 1 aromatic rings. The number of nitrogens with one attached hydrogen (secondary N) is 3. The van der Waals surface area contributed by atoms with E-state index in [2.05, 4.69) is 16.0 Å². The molecule has 0 saturated carbocycles. The lowest BCUT2D eigenvalue weighted by Gasteiger charge is -2.37. The Bertz CT molecular complexity index is 783. The van der Waals surface area contributed by atoms with E-state index in [1.807, 2.05) is 34.6 Å². The van der Waals surface area contributed by atoms with Crippen LogP contribution >= 0.6 is 11.6 Å². The summed E-state index contributed by atoms with van der Waals surface area (Å²) in [5, 5.41) is 9.15. The minimum Gasteiger partial charge on any atom is -0.354 e. The molecule has 1 aromatic carbocycles. The predicted molar refractivity (Wildman–Crippen MR) is 123 cm³/mol. The van der Waals surface area contributed by atoms with Gasteiger partial charge in [-0.2, -0.15) is 0 Å². The van der Waals surface area contributed by atoms with Crippen molar-refractivity contribution in [2.75, 3.05) is 19.6 Å². The monoisotopic (exact) mass is 450 g/mol. The van der Waals surface area contributed by atoms with Gasteiger partial charge in [0.1, 0.15) is 6.04 Å². The van der Waals surface area contributed by atoms with Crippen LogP contribution in [0.4, 0.5) is 4.79 Å². The first-order valence-electron chi connectivity index (χ1n) is 10.9. The van der Waals surface area contributed by atoms with Gasteiger partial charge in [0.15, 0.2) is 0 Å². The second-order valence-electron chi connectivity index (χ2n) is 9.57. The van der Waals surface area contributed by atoms with Gasteiger partial charge in [-0.3, -0.25) is 9.59 Å². The number of carbonyl (C=O) groups is 3. The molecule has 0 spiro atoms. The molecule has 7 nitrogen and oxygen atoms in total. The molecule has 1 atom stereocenters. The first-order chi connectivity index (χ1) is 14.5. The van der Waals surface area contributed by atoms with Crippen LogP contribution < -0.4 is 16.0 Å². The molecule has 1 heterocycles. The summed E-state index contributed by atoms with van der Waals surface area (Å²) in [5.74, 6) is -0.348. The molecule has 0 aliphatic carbocycles. The first-order valence-corrected chi connectivity index (χ1v) is 11.3. The van der Waals surface area contributed by atoms with Gasteiger partial charge in [0.2, 0.25) is 5.91 Å². The summed E-state index contributed by atoms with van der Waals surface area (Å²) in [6.45, 7) is 11.5. The number of halogens is 1. The Balaban J connectivity index is 2.09. The maximum absolute atomic E-state index is 13.0. The summed E-state index contributed by atoms with van der Waals surface area (Å²) >= 11 is 6.16. The van der Waals surface area contributed by atoms with Crippen molar-refractivity contribution in [2.45, 2.75) is 59.0 Å². The minimum absolute atomic E-state index is 0.0720. The zero-order valence-corrected chi connectivity index (χ0v) is 19.9. The number of piperidine rings is 1. The number of amides is 4. The fourth-order valence-electron chi connectivity index (χ4n) is 3.51. The summed E-state index contributed by atoms with van der Waals surface area (Å²) in [6.07, 6.45) is 1.25.